The van der Waals surface area contributed by atoms with E-state index in [9.17, 15) is 18.0 Å². The van der Waals surface area contributed by atoms with E-state index in [1.54, 1.807) is 12.1 Å². The van der Waals surface area contributed by atoms with E-state index in [0.717, 1.165) is 57.3 Å². The highest BCUT2D eigenvalue weighted by Crippen LogP contribution is 2.38. The minimum Gasteiger partial charge on any atom is -0.369 e. The SMILES string of the molecule is C[C@@H]1C[C@@H](NC(=O)CN2CCCN(C)CC2)CN(c2ccc(C(F)(F)F)c3ncccc23)C1. The Morgan fingerprint density at radius 2 is 1.97 bits per heavy atom. The van der Waals surface area contributed by atoms with Gasteiger partial charge in [0.25, 0.3) is 0 Å². The molecular weight excluding hydrogens is 431 g/mol. The fraction of sp³-hybridized carbons (Fsp3) is 0.583. The van der Waals surface area contributed by atoms with Crippen molar-refractivity contribution < 1.29 is 18.0 Å². The van der Waals surface area contributed by atoms with E-state index in [2.05, 4.69) is 39.0 Å². The maximum atomic E-state index is 13.5. The molecule has 0 aliphatic carbocycles. The Hall–Kier alpha value is -2.39. The van der Waals surface area contributed by atoms with Crippen LogP contribution in [0.1, 0.15) is 25.3 Å². The number of anilines is 1. The highest BCUT2D eigenvalue weighted by Gasteiger charge is 2.35. The number of carbonyl (C=O) groups is 1. The van der Waals surface area contributed by atoms with Crippen molar-refractivity contribution in [3.05, 3.63) is 36.0 Å². The number of hydrogen-bond acceptors (Lipinski definition) is 5. The Labute approximate surface area is 192 Å². The summed E-state index contributed by atoms with van der Waals surface area (Å²) in [6.45, 7) is 7.57. The second-order valence-corrected chi connectivity index (χ2v) is 9.47. The number of alkyl halides is 3. The molecule has 0 unspecified atom stereocenters. The van der Waals surface area contributed by atoms with Gasteiger partial charge in [0.1, 0.15) is 0 Å². The Bertz CT molecular complexity index is 982. The first-order chi connectivity index (χ1) is 15.7. The van der Waals surface area contributed by atoms with Gasteiger partial charge < -0.3 is 15.1 Å². The lowest BCUT2D eigenvalue weighted by Gasteiger charge is -2.39. The number of carbonyl (C=O) groups excluding carboxylic acids is 1. The van der Waals surface area contributed by atoms with Crippen LogP contribution < -0.4 is 10.2 Å². The fourth-order valence-corrected chi connectivity index (χ4v) is 5.05. The molecule has 0 spiro atoms. The predicted octanol–water partition coefficient (Wildman–Crippen LogP) is 3.22. The Morgan fingerprint density at radius 3 is 2.76 bits per heavy atom. The maximum absolute atomic E-state index is 13.5. The molecule has 2 aliphatic rings. The van der Waals surface area contributed by atoms with Crippen molar-refractivity contribution in [3.63, 3.8) is 0 Å². The molecule has 0 radical (unpaired) electrons. The molecule has 1 aromatic carbocycles. The summed E-state index contributed by atoms with van der Waals surface area (Å²) in [5, 5.41) is 3.67. The molecule has 2 saturated heterocycles. The van der Waals surface area contributed by atoms with Gasteiger partial charge >= 0.3 is 6.18 Å². The third kappa shape index (κ3) is 5.76. The molecule has 180 valence electrons. The second kappa shape index (κ2) is 9.85. The average molecular weight is 464 g/mol. The summed E-state index contributed by atoms with van der Waals surface area (Å²) in [4.78, 5) is 23.4. The summed E-state index contributed by atoms with van der Waals surface area (Å²) in [6, 6.07) is 5.96. The van der Waals surface area contributed by atoms with Crippen molar-refractivity contribution >= 4 is 22.5 Å². The molecule has 4 rings (SSSR count). The van der Waals surface area contributed by atoms with Crippen molar-refractivity contribution in [1.29, 1.82) is 0 Å². The van der Waals surface area contributed by atoms with Gasteiger partial charge in [0.2, 0.25) is 5.91 Å². The topological polar surface area (TPSA) is 51.7 Å². The van der Waals surface area contributed by atoms with Crippen LogP contribution in [-0.4, -0.2) is 79.6 Å². The molecule has 0 bridgehead atoms. The van der Waals surface area contributed by atoms with Gasteiger partial charge in [-0.2, -0.15) is 13.2 Å². The number of fused-ring (bicyclic) bond motifs is 1. The summed E-state index contributed by atoms with van der Waals surface area (Å²) in [5.41, 5.74) is -0.0280. The predicted molar refractivity (Wildman–Crippen MR) is 123 cm³/mol. The number of likely N-dealkylation sites (N-methyl/N-ethyl adjacent to an activating group) is 1. The Balaban J connectivity index is 1.48. The summed E-state index contributed by atoms with van der Waals surface area (Å²) in [5.74, 6) is 0.308. The van der Waals surface area contributed by atoms with E-state index >= 15 is 0 Å². The monoisotopic (exact) mass is 463 g/mol. The van der Waals surface area contributed by atoms with E-state index < -0.39 is 11.7 Å². The number of amides is 1. The first kappa shape index (κ1) is 23.8. The van der Waals surface area contributed by atoms with Crippen molar-refractivity contribution in [3.8, 4) is 0 Å². The lowest BCUT2D eigenvalue weighted by atomic mass is 9.94. The fourth-order valence-electron chi connectivity index (χ4n) is 5.05. The van der Waals surface area contributed by atoms with Gasteiger partial charge in [0.05, 0.1) is 17.6 Å². The van der Waals surface area contributed by atoms with Gasteiger partial charge in [-0.15, -0.1) is 0 Å². The van der Waals surface area contributed by atoms with Crippen LogP contribution in [-0.2, 0) is 11.0 Å². The minimum absolute atomic E-state index is 0.0116. The molecule has 2 aromatic rings. The third-order valence-corrected chi connectivity index (χ3v) is 6.60. The maximum Gasteiger partial charge on any atom is 0.418 e. The first-order valence-corrected chi connectivity index (χ1v) is 11.6. The molecule has 33 heavy (non-hydrogen) atoms. The van der Waals surface area contributed by atoms with E-state index in [0.29, 0.717) is 24.4 Å². The van der Waals surface area contributed by atoms with Gasteiger partial charge in [0, 0.05) is 49.5 Å². The van der Waals surface area contributed by atoms with Crippen LogP contribution in [0.5, 0.6) is 0 Å². The molecule has 1 aromatic heterocycles. The molecule has 2 atom stereocenters. The van der Waals surface area contributed by atoms with Crippen LogP contribution in [0.4, 0.5) is 18.9 Å². The minimum atomic E-state index is -4.46. The zero-order chi connectivity index (χ0) is 23.6. The molecule has 6 nitrogen and oxygen atoms in total. The van der Waals surface area contributed by atoms with Crippen LogP contribution in [0.25, 0.3) is 10.9 Å². The number of nitrogens with zero attached hydrogens (tertiary/aromatic N) is 4. The molecule has 3 heterocycles. The Kier molecular flexibility index (Phi) is 7.09. The number of nitrogens with one attached hydrogen (secondary N) is 1. The molecule has 0 saturated carbocycles. The van der Waals surface area contributed by atoms with E-state index in [1.807, 2.05) is 0 Å². The van der Waals surface area contributed by atoms with Crippen LogP contribution in [0.15, 0.2) is 30.5 Å². The first-order valence-electron chi connectivity index (χ1n) is 11.6. The van der Waals surface area contributed by atoms with Crippen molar-refractivity contribution in [2.24, 2.45) is 5.92 Å². The van der Waals surface area contributed by atoms with Gasteiger partial charge in [-0.05, 0) is 63.2 Å². The number of rotatable bonds is 4. The number of hydrogen-bond donors (Lipinski definition) is 1. The van der Waals surface area contributed by atoms with Crippen molar-refractivity contribution in [2.75, 3.05) is 57.8 Å². The third-order valence-electron chi connectivity index (χ3n) is 6.60. The summed E-state index contributed by atoms with van der Waals surface area (Å²) in [7, 11) is 2.10. The highest BCUT2D eigenvalue weighted by atomic mass is 19.4. The summed E-state index contributed by atoms with van der Waals surface area (Å²) >= 11 is 0. The molecule has 1 N–H and O–H groups in total. The molecule has 2 fully saturated rings. The zero-order valence-corrected chi connectivity index (χ0v) is 19.2. The van der Waals surface area contributed by atoms with Crippen molar-refractivity contribution in [1.82, 2.24) is 20.1 Å². The summed E-state index contributed by atoms with van der Waals surface area (Å²) in [6.07, 6.45) is -1.17. The lowest BCUT2D eigenvalue weighted by molar-refractivity contribution is -0.136. The van der Waals surface area contributed by atoms with Gasteiger partial charge in [0.15, 0.2) is 0 Å². The number of benzene rings is 1. The van der Waals surface area contributed by atoms with E-state index in [4.69, 9.17) is 0 Å². The van der Waals surface area contributed by atoms with Crippen molar-refractivity contribution in [2.45, 2.75) is 32.0 Å². The number of pyridine rings is 1. The Morgan fingerprint density at radius 1 is 1.15 bits per heavy atom. The van der Waals surface area contributed by atoms with Crippen LogP contribution in [0.2, 0.25) is 0 Å². The smallest absolute Gasteiger partial charge is 0.369 e. The normalized spacial score (nSPS) is 23.5. The van der Waals surface area contributed by atoms with Crippen LogP contribution in [0, 0.1) is 5.92 Å². The van der Waals surface area contributed by atoms with Gasteiger partial charge in [-0.3, -0.25) is 14.7 Å². The second-order valence-electron chi connectivity index (χ2n) is 9.47. The van der Waals surface area contributed by atoms with Gasteiger partial charge in [-0.1, -0.05) is 6.92 Å². The van der Waals surface area contributed by atoms with Gasteiger partial charge in [-0.25, -0.2) is 0 Å². The number of halogens is 3. The van der Waals surface area contributed by atoms with E-state index in [-0.39, 0.29) is 17.5 Å². The van der Waals surface area contributed by atoms with E-state index in [1.165, 1.54) is 12.3 Å². The quantitative estimate of drug-likeness (QED) is 0.755. The molecular formula is C24H32F3N5O. The standard InChI is InChI=1S/C24H32F3N5O/c1-17-13-18(29-22(33)16-31-10-4-9-30(2)11-12-31)15-32(14-17)21-7-6-20(24(25,26)27)23-19(21)5-3-8-28-23/h3,5-8,17-18H,4,9-16H2,1-2H3,(H,29,33)/t17-,18-/m1/s1. The highest BCUT2D eigenvalue weighted by molar-refractivity contribution is 5.94. The number of aromatic nitrogens is 1. The molecule has 9 heteroatoms. The summed E-state index contributed by atoms with van der Waals surface area (Å²) < 4.78 is 40.5. The molecule has 2 aliphatic heterocycles. The largest absolute Gasteiger partial charge is 0.418 e. The van der Waals surface area contributed by atoms with Crippen LogP contribution >= 0.6 is 0 Å². The van der Waals surface area contributed by atoms with Crippen LogP contribution in [0.3, 0.4) is 0 Å². The number of piperidine rings is 1. The molecule has 1 amide bonds. The average Bonchev–Trinajstić information content (AvgIpc) is 2.95. The lowest BCUT2D eigenvalue weighted by Crippen LogP contribution is -2.52. The zero-order valence-electron chi connectivity index (χ0n) is 19.2.